The number of unbranched alkanes of at least 4 members (excludes halogenated alkanes) is 1. The van der Waals surface area contributed by atoms with Crippen LogP contribution in [0.15, 0.2) is 120 Å². The number of benzene rings is 5. The van der Waals surface area contributed by atoms with Crippen LogP contribution in [0.3, 0.4) is 0 Å². The first-order chi connectivity index (χ1) is 38.5. The molecule has 0 bridgehead atoms. The molecule has 2 aliphatic rings. The number of carboxylic acids is 1. The molecule has 438 valence electrons. The molecule has 0 aromatic heterocycles. The number of alkyl halides is 3. The number of fused-ring (bicyclic) bond motifs is 1. The van der Waals surface area contributed by atoms with Crippen molar-refractivity contribution in [2.75, 3.05) is 74.6 Å². The van der Waals surface area contributed by atoms with Crippen molar-refractivity contribution >= 4 is 50.6 Å². The molecule has 1 fully saturated rings. The van der Waals surface area contributed by atoms with Crippen LogP contribution >= 0.6 is 0 Å². The van der Waals surface area contributed by atoms with Gasteiger partial charge < -0.3 is 50.0 Å². The fourth-order valence-corrected chi connectivity index (χ4v) is 12.4. The quantitative estimate of drug-likeness (QED) is 0.0209. The van der Waals surface area contributed by atoms with Crippen LogP contribution < -0.4 is 20.4 Å². The first kappa shape index (κ1) is 63.4. The van der Waals surface area contributed by atoms with Crippen molar-refractivity contribution in [2.45, 2.75) is 94.2 Å². The number of hydrogen-bond donors (Lipinski definition) is 5. The van der Waals surface area contributed by atoms with Gasteiger partial charge in [-0.3, -0.25) is 14.4 Å². The van der Waals surface area contributed by atoms with E-state index in [1.54, 1.807) is 47.4 Å². The number of β-lactam (4-membered cyclic amide) rings is 1. The lowest BCUT2D eigenvalue weighted by Gasteiger charge is -2.48. The van der Waals surface area contributed by atoms with Gasteiger partial charge >= 0.3 is 12.1 Å². The van der Waals surface area contributed by atoms with Crippen LogP contribution in [0.25, 0.3) is 0 Å². The summed E-state index contributed by atoms with van der Waals surface area (Å²) < 4.78 is 104. The van der Waals surface area contributed by atoms with Gasteiger partial charge in [0.2, 0.25) is 17.7 Å². The van der Waals surface area contributed by atoms with Crippen LogP contribution in [-0.2, 0) is 49.8 Å². The van der Waals surface area contributed by atoms with Crippen molar-refractivity contribution in [1.29, 1.82) is 0 Å². The number of nitrogens with zero attached hydrogens (tertiary/aromatic N) is 2. The summed E-state index contributed by atoms with van der Waals surface area (Å²) in [4.78, 5) is 51.9. The molecule has 22 heteroatoms. The van der Waals surface area contributed by atoms with E-state index in [4.69, 9.17) is 24.1 Å². The van der Waals surface area contributed by atoms with Gasteiger partial charge in [0.1, 0.15) is 24.8 Å². The van der Waals surface area contributed by atoms with Gasteiger partial charge in [-0.1, -0.05) is 75.2 Å². The van der Waals surface area contributed by atoms with Crippen molar-refractivity contribution < 1.29 is 79.1 Å². The zero-order valence-corrected chi connectivity index (χ0v) is 46.3. The lowest BCUT2D eigenvalue weighted by atomic mass is 9.69. The minimum absolute atomic E-state index is 0.118. The molecule has 0 spiro atoms. The molecule has 5 N–H and O–H groups in total. The standard InChI is InChI=1S/C57H68F2N4O10S.C2HF3O2/c1-5-7-26-57(6-2)37-74(69,70)50-25-22-46(62(3)4)33-48(50)53(55(57)67)40-11-9-13-44(32-40)61-52(66)36-73-30-28-71-27-29-72-35-51(65)60-34-38-10-8-12-41(31-38)54-47(23-24-49(64)39-14-16-42(58)17-15-39)56(68)63(54)45-20-18-43(59)19-21-45;3-2(4,5)1(6)7/h8-22,25,31-33,47,49,53-55,64,67H,5-7,23-24,26-30,34-37H2,1-4H3,(H,60,65)(H,61,66);(H,6,7). The summed E-state index contributed by atoms with van der Waals surface area (Å²) in [6.07, 6.45) is -3.70. The van der Waals surface area contributed by atoms with Crippen LogP contribution in [0.5, 0.6) is 0 Å². The number of anilines is 3. The molecule has 5 aromatic rings. The van der Waals surface area contributed by atoms with Gasteiger partial charge in [0.05, 0.1) is 61.2 Å². The van der Waals surface area contributed by atoms with Crippen LogP contribution in [0.2, 0.25) is 0 Å². The Balaban J connectivity index is 0.00000141. The van der Waals surface area contributed by atoms with Crippen molar-refractivity contribution in [1.82, 2.24) is 5.32 Å². The Morgan fingerprint density at radius 1 is 0.815 bits per heavy atom. The molecular weight excluding hydrogens is 1080 g/mol. The summed E-state index contributed by atoms with van der Waals surface area (Å²) in [6.45, 7) is 4.31. The van der Waals surface area contributed by atoms with Crippen LogP contribution in [0, 0.1) is 23.0 Å². The molecule has 2 aliphatic heterocycles. The van der Waals surface area contributed by atoms with Gasteiger partial charge in [-0.25, -0.2) is 22.0 Å². The Morgan fingerprint density at radius 3 is 2.04 bits per heavy atom. The summed E-state index contributed by atoms with van der Waals surface area (Å²) in [6, 6.07) is 30.8. The van der Waals surface area contributed by atoms with E-state index >= 15 is 0 Å². The van der Waals surface area contributed by atoms with Gasteiger partial charge in [-0.2, -0.15) is 13.2 Å². The van der Waals surface area contributed by atoms with Gasteiger partial charge in [-0.15, -0.1) is 0 Å². The topological polar surface area (TPSA) is 221 Å². The maximum atomic E-state index is 14.0. The third-order valence-corrected chi connectivity index (χ3v) is 16.4. The van der Waals surface area contributed by atoms with Gasteiger partial charge in [0.25, 0.3) is 0 Å². The highest BCUT2D eigenvalue weighted by molar-refractivity contribution is 7.91. The fourth-order valence-electron chi connectivity index (χ4n) is 10.1. The van der Waals surface area contributed by atoms with E-state index in [9.17, 15) is 55.0 Å². The molecule has 2 heterocycles. The lowest BCUT2D eigenvalue weighted by molar-refractivity contribution is -0.192. The highest BCUT2D eigenvalue weighted by atomic mass is 32.2. The molecule has 81 heavy (non-hydrogen) atoms. The molecule has 0 saturated carbocycles. The Hall–Kier alpha value is -6.82. The zero-order chi connectivity index (χ0) is 59.1. The van der Waals surface area contributed by atoms with E-state index in [1.807, 2.05) is 62.3 Å². The predicted molar refractivity (Wildman–Crippen MR) is 293 cm³/mol. The molecule has 0 aliphatic carbocycles. The Labute approximate surface area is 468 Å². The molecule has 5 aromatic carbocycles. The number of sulfone groups is 1. The summed E-state index contributed by atoms with van der Waals surface area (Å²) in [5.74, 6) is -5.82. The van der Waals surface area contributed by atoms with Gasteiger partial charge in [0.15, 0.2) is 9.84 Å². The number of aliphatic hydroxyl groups is 2. The number of rotatable bonds is 25. The maximum absolute atomic E-state index is 14.0. The number of nitrogens with one attached hydrogen (secondary N) is 2. The molecule has 0 radical (unpaired) electrons. The summed E-state index contributed by atoms with van der Waals surface area (Å²) in [5.41, 5.74) is 4.30. The lowest BCUT2D eigenvalue weighted by Crippen LogP contribution is -2.55. The normalized spacial score (nSPS) is 19.7. The number of carbonyl (C=O) groups excluding carboxylic acids is 3. The van der Waals surface area contributed by atoms with Crippen LogP contribution in [-0.4, -0.2) is 119 Å². The molecule has 16 nitrogen and oxygen atoms in total. The minimum atomic E-state index is -5.08. The Kier molecular flexibility index (Phi) is 22.5. The monoisotopic (exact) mass is 1150 g/mol. The molecule has 1 saturated heterocycles. The number of aliphatic hydroxyl groups excluding tert-OH is 2. The largest absolute Gasteiger partial charge is 0.490 e. The number of amides is 3. The number of halogens is 5. The molecule has 7 rings (SSSR count). The van der Waals surface area contributed by atoms with Crippen molar-refractivity contribution in [3.8, 4) is 0 Å². The zero-order valence-electron chi connectivity index (χ0n) is 45.5. The highest BCUT2D eigenvalue weighted by Crippen LogP contribution is 2.50. The number of ether oxygens (including phenoxy) is 3. The average molecular weight is 1150 g/mol. The smallest absolute Gasteiger partial charge is 0.475 e. The van der Waals surface area contributed by atoms with Crippen LogP contribution in [0.4, 0.5) is 39.0 Å². The maximum Gasteiger partial charge on any atom is 0.490 e. The molecule has 6 atom stereocenters. The molecular formula is C59H69F5N4O12S. The first-order valence-corrected chi connectivity index (χ1v) is 28.2. The van der Waals surface area contributed by atoms with Gasteiger partial charge in [-0.05, 0) is 120 Å². The first-order valence-electron chi connectivity index (χ1n) is 26.5. The van der Waals surface area contributed by atoms with Crippen molar-refractivity contribution in [3.05, 3.63) is 155 Å². The highest BCUT2D eigenvalue weighted by Gasteiger charge is 2.50. The van der Waals surface area contributed by atoms with Crippen molar-refractivity contribution in [2.24, 2.45) is 11.3 Å². The summed E-state index contributed by atoms with van der Waals surface area (Å²) in [5, 5.41) is 36.0. The van der Waals surface area contributed by atoms with E-state index in [0.717, 1.165) is 29.7 Å². The molecule has 3 amide bonds. The third-order valence-electron chi connectivity index (χ3n) is 14.4. The number of carbonyl (C=O) groups is 4. The predicted octanol–water partition coefficient (Wildman–Crippen LogP) is 9.05. The second-order valence-electron chi connectivity index (χ2n) is 20.2. The van der Waals surface area contributed by atoms with E-state index < -0.39 is 75.0 Å². The minimum Gasteiger partial charge on any atom is -0.475 e. The van der Waals surface area contributed by atoms with E-state index in [-0.39, 0.29) is 75.1 Å². The number of carboxylic acid groups (broad SMARTS) is 1. The number of aliphatic carboxylic acids is 1. The average Bonchev–Trinajstić information content (AvgIpc) is 2.69. The summed E-state index contributed by atoms with van der Waals surface area (Å²) in [7, 11) is 0.00813. The van der Waals surface area contributed by atoms with E-state index in [0.29, 0.717) is 47.3 Å². The fraction of sp³-hybridized carbons (Fsp3) is 0.424. The Bertz CT molecular complexity index is 3040. The number of hydrogen-bond acceptors (Lipinski definition) is 12. The third kappa shape index (κ3) is 16.9. The SMILES string of the molecule is CCCCC1(CC)CS(=O)(=O)c2ccc(N(C)C)cc2C(c2cccc(NC(=O)COCCOCCOCC(=O)NCc3cccc(C4C(CCC(O)c5ccc(F)cc5)C(=O)N4c4ccc(F)cc4)c3)c2)C1O.O=C(O)C(F)(F)F. The van der Waals surface area contributed by atoms with Crippen molar-refractivity contribution in [3.63, 3.8) is 0 Å². The second kappa shape index (κ2) is 28.7. The summed E-state index contributed by atoms with van der Waals surface area (Å²) >= 11 is 0. The van der Waals surface area contributed by atoms with Crippen LogP contribution in [0.1, 0.15) is 98.3 Å². The Morgan fingerprint density at radius 2 is 1.42 bits per heavy atom. The molecule has 6 unspecified atom stereocenters. The second-order valence-corrected chi connectivity index (χ2v) is 22.2. The van der Waals surface area contributed by atoms with E-state index in [1.165, 1.54) is 36.4 Å². The van der Waals surface area contributed by atoms with Gasteiger partial charge in [0, 0.05) is 49.0 Å². The van der Waals surface area contributed by atoms with E-state index in [2.05, 4.69) is 17.6 Å².